The molecule has 0 bridgehead atoms. The maximum absolute atomic E-state index is 11.5. The second-order valence-electron chi connectivity index (χ2n) is 3.74. The van der Waals surface area contributed by atoms with Crippen LogP contribution in [0.2, 0.25) is 0 Å². The number of benzene rings is 1. The Balaban J connectivity index is 1.80. The van der Waals surface area contributed by atoms with Crippen LogP contribution in [0.5, 0.6) is 0 Å². The third-order valence-corrected chi connectivity index (χ3v) is 2.33. The molecule has 0 aromatic heterocycles. The van der Waals surface area contributed by atoms with E-state index in [-0.39, 0.29) is 6.61 Å². The molecule has 18 heavy (non-hydrogen) atoms. The molecule has 92 valence electrons. The highest BCUT2D eigenvalue weighted by atomic mass is 16.5. The summed E-state index contributed by atoms with van der Waals surface area (Å²) in [5.74, 6) is 0.582. The first kappa shape index (κ1) is 12.1. The Morgan fingerprint density at radius 1 is 1.28 bits per heavy atom. The standard InChI is InChI=1S/C14H14N2O2/c17-14(16-13-9-5-2-6-10-15-13)18-11-12-7-3-1-4-8-12/h1-8,10H,9,11H2,(H,15,16,17). The lowest BCUT2D eigenvalue weighted by Gasteiger charge is -2.07. The van der Waals surface area contributed by atoms with E-state index in [4.69, 9.17) is 4.74 Å². The normalized spacial score (nSPS) is 13.7. The Bertz CT molecular complexity index is 490. The summed E-state index contributed by atoms with van der Waals surface area (Å²) in [7, 11) is 0. The molecule has 1 N–H and O–H groups in total. The fourth-order valence-corrected chi connectivity index (χ4v) is 1.45. The van der Waals surface area contributed by atoms with Gasteiger partial charge in [-0.15, -0.1) is 0 Å². The van der Waals surface area contributed by atoms with Gasteiger partial charge in [0.15, 0.2) is 0 Å². The van der Waals surface area contributed by atoms with Crippen molar-refractivity contribution in [3.8, 4) is 0 Å². The average molecular weight is 242 g/mol. The van der Waals surface area contributed by atoms with E-state index < -0.39 is 6.09 Å². The number of amides is 1. The van der Waals surface area contributed by atoms with Crippen LogP contribution in [0.1, 0.15) is 12.0 Å². The minimum absolute atomic E-state index is 0.256. The zero-order valence-corrected chi connectivity index (χ0v) is 9.87. The molecule has 0 radical (unpaired) electrons. The van der Waals surface area contributed by atoms with E-state index in [2.05, 4.69) is 10.3 Å². The first-order valence-electron chi connectivity index (χ1n) is 5.70. The predicted octanol–water partition coefficient (Wildman–Crippen LogP) is 2.78. The van der Waals surface area contributed by atoms with Crippen LogP contribution >= 0.6 is 0 Å². The van der Waals surface area contributed by atoms with Gasteiger partial charge in [-0.25, -0.2) is 9.79 Å². The van der Waals surface area contributed by atoms with Gasteiger partial charge in [-0.2, -0.15) is 0 Å². The Labute approximate surface area is 106 Å². The van der Waals surface area contributed by atoms with Gasteiger partial charge >= 0.3 is 6.09 Å². The van der Waals surface area contributed by atoms with Crippen molar-refractivity contribution >= 4 is 11.9 Å². The molecule has 1 aromatic rings. The van der Waals surface area contributed by atoms with Gasteiger partial charge < -0.3 is 4.74 Å². The number of hydrogen-bond donors (Lipinski definition) is 1. The topological polar surface area (TPSA) is 50.7 Å². The van der Waals surface area contributed by atoms with Crippen molar-refractivity contribution in [3.63, 3.8) is 0 Å². The number of alkyl carbamates (subject to hydrolysis) is 1. The Kier molecular flexibility index (Phi) is 4.30. The van der Waals surface area contributed by atoms with Gasteiger partial charge in [0.05, 0.1) is 0 Å². The fourth-order valence-electron chi connectivity index (χ4n) is 1.45. The van der Waals surface area contributed by atoms with E-state index in [1.165, 1.54) is 0 Å². The van der Waals surface area contributed by atoms with E-state index in [0.717, 1.165) is 5.56 Å². The molecule has 4 nitrogen and oxygen atoms in total. The molecule has 0 saturated heterocycles. The summed E-state index contributed by atoms with van der Waals surface area (Å²) in [4.78, 5) is 15.6. The van der Waals surface area contributed by atoms with E-state index in [0.29, 0.717) is 12.3 Å². The minimum Gasteiger partial charge on any atom is -0.444 e. The zero-order chi connectivity index (χ0) is 12.6. The second kappa shape index (κ2) is 6.39. The largest absolute Gasteiger partial charge is 0.444 e. The summed E-state index contributed by atoms with van der Waals surface area (Å²) in [5.41, 5.74) is 0.954. The lowest BCUT2D eigenvalue weighted by atomic mass is 10.2. The smallest absolute Gasteiger partial charge is 0.412 e. The van der Waals surface area contributed by atoms with E-state index in [9.17, 15) is 4.79 Å². The maximum atomic E-state index is 11.5. The first-order valence-corrected chi connectivity index (χ1v) is 5.70. The van der Waals surface area contributed by atoms with Gasteiger partial charge in [0.2, 0.25) is 0 Å². The predicted molar refractivity (Wildman–Crippen MR) is 70.1 cm³/mol. The van der Waals surface area contributed by atoms with Crippen molar-refractivity contribution in [2.45, 2.75) is 13.0 Å². The van der Waals surface area contributed by atoms with Crippen LogP contribution in [0.3, 0.4) is 0 Å². The number of ether oxygens (including phenoxy) is 1. The van der Waals surface area contributed by atoms with Crippen LogP contribution in [0.25, 0.3) is 0 Å². The van der Waals surface area contributed by atoms with Crippen molar-refractivity contribution < 1.29 is 9.53 Å². The average Bonchev–Trinajstić information content (AvgIpc) is 2.66. The summed E-state index contributed by atoms with van der Waals surface area (Å²) in [6, 6.07) is 9.54. The molecule has 1 amide bonds. The Morgan fingerprint density at radius 2 is 2.11 bits per heavy atom. The van der Waals surface area contributed by atoms with Gasteiger partial charge in [-0.3, -0.25) is 5.32 Å². The van der Waals surface area contributed by atoms with Crippen molar-refractivity contribution in [1.29, 1.82) is 0 Å². The number of allylic oxidation sites excluding steroid dienone is 2. The number of rotatable bonds is 2. The molecule has 1 aliphatic rings. The van der Waals surface area contributed by atoms with E-state index >= 15 is 0 Å². The van der Waals surface area contributed by atoms with Crippen LogP contribution in [-0.4, -0.2) is 11.9 Å². The van der Waals surface area contributed by atoms with Gasteiger partial charge in [0, 0.05) is 12.6 Å². The lowest BCUT2D eigenvalue weighted by Crippen LogP contribution is -2.30. The van der Waals surface area contributed by atoms with Crippen molar-refractivity contribution in [1.82, 2.24) is 5.32 Å². The lowest BCUT2D eigenvalue weighted by molar-refractivity contribution is 0.145. The van der Waals surface area contributed by atoms with Crippen molar-refractivity contribution in [2.24, 2.45) is 4.99 Å². The van der Waals surface area contributed by atoms with Crippen LogP contribution in [-0.2, 0) is 11.3 Å². The molecule has 0 atom stereocenters. The highest BCUT2D eigenvalue weighted by molar-refractivity contribution is 5.96. The first-order chi connectivity index (χ1) is 8.84. The SMILES string of the molecule is O=C(NC1=NC=CC=CC1)OCc1ccccc1. The van der Waals surface area contributed by atoms with Gasteiger partial charge in [0.25, 0.3) is 0 Å². The molecule has 1 aliphatic heterocycles. The fraction of sp³-hybridized carbons (Fsp3) is 0.143. The molecular formula is C14H14N2O2. The zero-order valence-electron chi connectivity index (χ0n) is 9.87. The molecule has 2 rings (SSSR count). The monoisotopic (exact) mass is 242 g/mol. The third-order valence-electron chi connectivity index (χ3n) is 2.33. The van der Waals surface area contributed by atoms with E-state index in [1.807, 2.05) is 48.6 Å². The van der Waals surface area contributed by atoms with Gasteiger partial charge in [-0.05, 0) is 11.6 Å². The van der Waals surface area contributed by atoms with E-state index in [1.54, 1.807) is 6.20 Å². The molecule has 1 heterocycles. The number of carbonyl (C=O) groups is 1. The molecular weight excluding hydrogens is 228 g/mol. The highest BCUT2D eigenvalue weighted by Gasteiger charge is 2.06. The van der Waals surface area contributed by atoms with Gasteiger partial charge in [0.1, 0.15) is 12.4 Å². The minimum atomic E-state index is -0.485. The maximum Gasteiger partial charge on any atom is 0.412 e. The third kappa shape index (κ3) is 3.90. The molecule has 0 unspecified atom stereocenters. The molecule has 0 aliphatic carbocycles. The summed E-state index contributed by atoms with van der Waals surface area (Å²) in [6.07, 6.45) is 7.35. The molecule has 1 aromatic carbocycles. The number of aliphatic imine (C=N–C) groups is 1. The summed E-state index contributed by atoms with van der Waals surface area (Å²) < 4.78 is 5.09. The summed E-state index contributed by atoms with van der Waals surface area (Å²) >= 11 is 0. The quantitative estimate of drug-likeness (QED) is 0.867. The highest BCUT2D eigenvalue weighted by Crippen LogP contribution is 2.01. The van der Waals surface area contributed by atoms with Crippen LogP contribution < -0.4 is 5.32 Å². The Morgan fingerprint density at radius 3 is 2.94 bits per heavy atom. The van der Waals surface area contributed by atoms with Crippen LogP contribution in [0.4, 0.5) is 4.79 Å². The number of carbonyl (C=O) groups excluding carboxylic acids is 1. The number of hydrogen-bond acceptors (Lipinski definition) is 3. The number of nitrogens with zero attached hydrogens (tertiary/aromatic N) is 1. The Hall–Kier alpha value is -2.36. The molecule has 0 saturated carbocycles. The molecule has 0 spiro atoms. The molecule has 0 fully saturated rings. The molecule has 4 heteroatoms. The van der Waals surface area contributed by atoms with Crippen molar-refractivity contribution in [2.75, 3.05) is 0 Å². The summed E-state index contributed by atoms with van der Waals surface area (Å²) in [6.45, 7) is 0.256. The second-order valence-corrected chi connectivity index (χ2v) is 3.74. The number of amidine groups is 1. The van der Waals surface area contributed by atoms with Crippen molar-refractivity contribution in [3.05, 3.63) is 60.3 Å². The van der Waals surface area contributed by atoms with Crippen LogP contribution in [0.15, 0.2) is 59.8 Å². The van der Waals surface area contributed by atoms with Crippen LogP contribution in [0, 0.1) is 0 Å². The van der Waals surface area contributed by atoms with Gasteiger partial charge in [-0.1, -0.05) is 42.5 Å². The number of nitrogens with one attached hydrogen (secondary N) is 1. The summed E-state index contributed by atoms with van der Waals surface area (Å²) in [5, 5.41) is 2.62.